The molecule has 0 spiro atoms. The third-order valence-corrected chi connectivity index (χ3v) is 4.58. The molecule has 0 aliphatic carbocycles. The van der Waals surface area contributed by atoms with Gasteiger partial charge in [0.05, 0.1) is 19.1 Å². The number of ether oxygens (including phenoxy) is 1. The minimum Gasteiger partial charge on any atom is -0.493 e. The Morgan fingerprint density at radius 2 is 1.91 bits per heavy atom. The van der Waals surface area contributed by atoms with Gasteiger partial charge >= 0.3 is 0 Å². The van der Waals surface area contributed by atoms with E-state index in [4.69, 9.17) is 4.74 Å². The highest BCUT2D eigenvalue weighted by Crippen LogP contribution is 2.25. The number of carbonyl (C=O) groups is 1. The van der Waals surface area contributed by atoms with Gasteiger partial charge in [-0.2, -0.15) is 0 Å². The van der Waals surface area contributed by atoms with Crippen molar-refractivity contribution in [1.82, 2.24) is 5.32 Å². The molecule has 2 aromatic rings. The van der Waals surface area contributed by atoms with Crippen LogP contribution in [0.3, 0.4) is 0 Å². The molecule has 1 N–H and O–H groups in total. The first kappa shape index (κ1) is 17.5. The minimum absolute atomic E-state index is 0.0291. The Morgan fingerprint density at radius 1 is 1.22 bits per heavy atom. The highest BCUT2D eigenvalue weighted by atomic mass is 32.1. The predicted molar refractivity (Wildman–Crippen MR) is 96.1 cm³/mol. The summed E-state index contributed by atoms with van der Waals surface area (Å²) in [6.45, 7) is 8.72. The molecule has 0 radical (unpaired) electrons. The number of hydrogen-bond donors (Lipinski definition) is 1. The maximum atomic E-state index is 12.2. The fourth-order valence-electron chi connectivity index (χ4n) is 2.56. The van der Waals surface area contributed by atoms with Crippen LogP contribution >= 0.6 is 11.3 Å². The maximum absolute atomic E-state index is 12.2. The average molecular weight is 331 g/mol. The molecule has 124 valence electrons. The van der Waals surface area contributed by atoms with Crippen LogP contribution in [0.5, 0.6) is 5.75 Å². The molecule has 0 bridgehead atoms. The number of benzene rings is 1. The lowest BCUT2D eigenvalue weighted by molar-refractivity contribution is -0.122. The third-order valence-electron chi connectivity index (χ3n) is 3.63. The molecule has 1 amide bonds. The van der Waals surface area contributed by atoms with Crippen LogP contribution in [0.1, 0.15) is 42.3 Å². The molecule has 0 unspecified atom stereocenters. The normalized spacial score (nSPS) is 12.2. The van der Waals surface area contributed by atoms with E-state index < -0.39 is 0 Å². The summed E-state index contributed by atoms with van der Waals surface area (Å²) in [4.78, 5) is 13.4. The summed E-state index contributed by atoms with van der Waals surface area (Å²) >= 11 is 1.68. The molecule has 0 aliphatic rings. The zero-order valence-corrected chi connectivity index (χ0v) is 15.1. The molecule has 1 heterocycles. The van der Waals surface area contributed by atoms with Crippen LogP contribution in [0.15, 0.2) is 35.7 Å². The quantitative estimate of drug-likeness (QED) is 0.802. The lowest BCUT2D eigenvalue weighted by Crippen LogP contribution is -2.32. The summed E-state index contributed by atoms with van der Waals surface area (Å²) in [5.74, 6) is 1.22. The highest BCUT2D eigenvalue weighted by molar-refractivity contribution is 7.10. The Kier molecular flexibility index (Phi) is 6.22. The molecule has 1 aromatic carbocycles. The van der Waals surface area contributed by atoms with Crippen molar-refractivity contribution in [1.29, 1.82) is 0 Å². The Bertz CT molecular complexity index is 615. The topological polar surface area (TPSA) is 38.3 Å². The molecule has 1 atom stereocenters. The molecule has 0 aliphatic heterocycles. The van der Waals surface area contributed by atoms with E-state index in [1.165, 1.54) is 16.0 Å². The lowest BCUT2D eigenvalue weighted by Gasteiger charge is -2.21. The number of hydrogen-bond acceptors (Lipinski definition) is 3. The summed E-state index contributed by atoms with van der Waals surface area (Å²) in [5, 5.41) is 5.16. The first-order valence-electron chi connectivity index (χ1n) is 7.99. The van der Waals surface area contributed by atoms with Crippen LogP contribution in [-0.4, -0.2) is 12.5 Å². The summed E-state index contributed by atoms with van der Waals surface area (Å²) in [6.07, 6.45) is 0.363. The summed E-state index contributed by atoms with van der Waals surface area (Å²) in [7, 11) is 0. The first-order valence-corrected chi connectivity index (χ1v) is 8.87. The third kappa shape index (κ3) is 5.39. The molecule has 23 heavy (non-hydrogen) atoms. The molecule has 0 saturated heterocycles. The largest absolute Gasteiger partial charge is 0.493 e. The van der Waals surface area contributed by atoms with Crippen LogP contribution in [-0.2, 0) is 4.79 Å². The zero-order valence-electron chi connectivity index (χ0n) is 14.3. The SMILES string of the molecule is Cc1cc(C)cc(OCCC(=O)N[C@@H](c2cccs2)C(C)C)c1. The Labute approximate surface area is 142 Å². The first-order chi connectivity index (χ1) is 11.0. The van der Waals surface area contributed by atoms with Crippen molar-refractivity contribution in [2.45, 2.75) is 40.2 Å². The molecule has 3 nitrogen and oxygen atoms in total. The van der Waals surface area contributed by atoms with Crippen LogP contribution < -0.4 is 10.1 Å². The molecule has 2 rings (SSSR count). The van der Waals surface area contributed by atoms with Gasteiger partial charge in [0, 0.05) is 4.88 Å². The van der Waals surface area contributed by atoms with Crippen LogP contribution in [0.4, 0.5) is 0 Å². The monoisotopic (exact) mass is 331 g/mol. The number of carbonyl (C=O) groups excluding carboxylic acids is 1. The Hall–Kier alpha value is -1.81. The van der Waals surface area contributed by atoms with Crippen molar-refractivity contribution < 1.29 is 9.53 Å². The van der Waals surface area contributed by atoms with E-state index in [2.05, 4.69) is 31.3 Å². The number of thiophene rings is 1. The van der Waals surface area contributed by atoms with E-state index in [0.717, 1.165) is 5.75 Å². The fourth-order valence-corrected chi connectivity index (χ4v) is 3.51. The van der Waals surface area contributed by atoms with Crippen LogP contribution in [0.25, 0.3) is 0 Å². The van der Waals surface area contributed by atoms with Crippen molar-refractivity contribution >= 4 is 17.2 Å². The van der Waals surface area contributed by atoms with Gasteiger partial charge in [-0.05, 0) is 54.5 Å². The zero-order chi connectivity index (χ0) is 16.8. The Balaban J connectivity index is 1.84. The van der Waals surface area contributed by atoms with Crippen molar-refractivity contribution in [2.75, 3.05) is 6.61 Å². The Morgan fingerprint density at radius 3 is 2.48 bits per heavy atom. The van der Waals surface area contributed by atoms with E-state index in [1.807, 2.05) is 37.4 Å². The number of aryl methyl sites for hydroxylation is 2. The van der Waals surface area contributed by atoms with Gasteiger partial charge in [0.15, 0.2) is 0 Å². The molecular formula is C19H25NO2S. The van der Waals surface area contributed by atoms with Gasteiger partial charge in [0.2, 0.25) is 5.91 Å². The summed E-state index contributed by atoms with van der Waals surface area (Å²) < 4.78 is 5.71. The van der Waals surface area contributed by atoms with E-state index in [1.54, 1.807) is 11.3 Å². The van der Waals surface area contributed by atoms with Gasteiger partial charge in [0.25, 0.3) is 0 Å². The van der Waals surface area contributed by atoms with E-state index in [0.29, 0.717) is 18.9 Å². The number of amides is 1. The number of rotatable bonds is 7. The van der Waals surface area contributed by atoms with Crippen molar-refractivity contribution in [3.8, 4) is 5.75 Å². The maximum Gasteiger partial charge on any atom is 0.223 e. The predicted octanol–water partition coefficient (Wildman–Crippen LogP) is 4.65. The molecule has 0 fully saturated rings. The standard InChI is InChI=1S/C19H25NO2S/c1-13(2)19(17-6-5-9-23-17)20-18(21)7-8-22-16-11-14(3)10-15(4)12-16/h5-6,9-13,19H,7-8H2,1-4H3,(H,20,21)/t19-/m1/s1. The van der Waals surface area contributed by atoms with E-state index in [9.17, 15) is 4.79 Å². The second-order valence-electron chi connectivity index (χ2n) is 6.23. The smallest absolute Gasteiger partial charge is 0.223 e. The number of nitrogens with one attached hydrogen (secondary N) is 1. The van der Waals surface area contributed by atoms with Gasteiger partial charge in [-0.25, -0.2) is 0 Å². The van der Waals surface area contributed by atoms with Crippen molar-refractivity contribution in [3.05, 3.63) is 51.7 Å². The second kappa shape index (κ2) is 8.16. The molecular weight excluding hydrogens is 306 g/mol. The van der Waals surface area contributed by atoms with Gasteiger partial charge in [-0.15, -0.1) is 11.3 Å². The van der Waals surface area contributed by atoms with Gasteiger partial charge in [-0.3, -0.25) is 4.79 Å². The van der Waals surface area contributed by atoms with E-state index in [-0.39, 0.29) is 11.9 Å². The second-order valence-corrected chi connectivity index (χ2v) is 7.21. The van der Waals surface area contributed by atoms with Crippen LogP contribution in [0.2, 0.25) is 0 Å². The van der Waals surface area contributed by atoms with Crippen LogP contribution in [0, 0.1) is 19.8 Å². The van der Waals surface area contributed by atoms with Crippen molar-refractivity contribution in [2.24, 2.45) is 5.92 Å². The minimum atomic E-state index is 0.0291. The average Bonchev–Trinajstić information content (AvgIpc) is 2.97. The van der Waals surface area contributed by atoms with Gasteiger partial charge < -0.3 is 10.1 Å². The highest BCUT2D eigenvalue weighted by Gasteiger charge is 2.19. The summed E-state index contributed by atoms with van der Waals surface area (Å²) in [5.41, 5.74) is 2.34. The van der Waals surface area contributed by atoms with Gasteiger partial charge in [0.1, 0.15) is 5.75 Å². The van der Waals surface area contributed by atoms with Gasteiger partial charge in [-0.1, -0.05) is 26.0 Å². The lowest BCUT2D eigenvalue weighted by atomic mass is 10.0. The van der Waals surface area contributed by atoms with Crippen molar-refractivity contribution in [3.63, 3.8) is 0 Å². The fraction of sp³-hybridized carbons (Fsp3) is 0.421. The molecule has 4 heteroatoms. The molecule has 1 aromatic heterocycles. The summed E-state index contributed by atoms with van der Waals surface area (Å²) in [6, 6.07) is 10.3. The molecule has 0 saturated carbocycles. The van der Waals surface area contributed by atoms with E-state index >= 15 is 0 Å².